The van der Waals surface area contributed by atoms with Crippen LogP contribution in [-0.2, 0) is 16.1 Å². The minimum atomic E-state index is -0.711. The van der Waals surface area contributed by atoms with Crippen molar-refractivity contribution in [1.29, 1.82) is 0 Å². The first-order valence-corrected chi connectivity index (χ1v) is 9.45. The second-order valence-corrected chi connectivity index (χ2v) is 7.09. The molecule has 0 saturated heterocycles. The molecule has 4 rings (SSSR count). The highest BCUT2D eigenvalue weighted by Gasteiger charge is 2.13. The number of carbonyl (C=O) groups is 2. The minimum absolute atomic E-state index is 0.247. The summed E-state index contributed by atoms with van der Waals surface area (Å²) in [7, 11) is 0. The third-order valence-electron chi connectivity index (χ3n) is 4.07. The van der Waals surface area contributed by atoms with Crippen LogP contribution in [0, 0.1) is 0 Å². The number of hydrogen-bond donors (Lipinski definition) is 2. The highest BCUT2D eigenvalue weighted by atomic mass is 32.1. The van der Waals surface area contributed by atoms with Crippen molar-refractivity contribution in [3.05, 3.63) is 78.6 Å². The zero-order valence-electron chi connectivity index (χ0n) is 14.8. The molecule has 0 radical (unpaired) electrons. The lowest BCUT2D eigenvalue weighted by Gasteiger charge is -2.07. The van der Waals surface area contributed by atoms with E-state index in [1.165, 1.54) is 0 Å². The van der Waals surface area contributed by atoms with Gasteiger partial charge in [0, 0.05) is 30.2 Å². The van der Waals surface area contributed by atoms with Crippen molar-refractivity contribution in [2.24, 2.45) is 0 Å². The van der Waals surface area contributed by atoms with Gasteiger partial charge in [-0.1, -0.05) is 18.2 Å². The number of nitrogens with one attached hydrogen (secondary N) is 2. The maximum atomic E-state index is 12.1. The number of para-hydroxylation sites is 1. The van der Waals surface area contributed by atoms with Gasteiger partial charge >= 0.3 is 11.8 Å². The van der Waals surface area contributed by atoms with Crippen LogP contribution < -0.4 is 10.6 Å². The fourth-order valence-corrected chi connectivity index (χ4v) is 3.62. The van der Waals surface area contributed by atoms with Crippen molar-refractivity contribution in [1.82, 2.24) is 15.3 Å². The highest BCUT2D eigenvalue weighted by molar-refractivity contribution is 7.21. The molecule has 2 N–H and O–H groups in total. The molecule has 2 heterocycles. The number of nitrogens with zero attached hydrogens (tertiary/aromatic N) is 2. The third-order valence-corrected chi connectivity index (χ3v) is 5.15. The molecule has 4 aromatic rings. The van der Waals surface area contributed by atoms with E-state index in [9.17, 15) is 9.59 Å². The number of pyridine rings is 1. The Hall–Kier alpha value is -3.58. The molecule has 0 aliphatic heterocycles. The van der Waals surface area contributed by atoms with Gasteiger partial charge in [0.05, 0.1) is 10.2 Å². The Morgan fingerprint density at radius 2 is 1.75 bits per heavy atom. The van der Waals surface area contributed by atoms with E-state index in [4.69, 9.17) is 0 Å². The smallest absolute Gasteiger partial charge is 0.313 e. The van der Waals surface area contributed by atoms with Crippen molar-refractivity contribution >= 4 is 39.1 Å². The van der Waals surface area contributed by atoms with Crippen LogP contribution in [0.2, 0.25) is 0 Å². The molecule has 0 spiro atoms. The fraction of sp³-hybridized carbons (Fsp3) is 0.0476. The largest absolute Gasteiger partial charge is 0.344 e. The van der Waals surface area contributed by atoms with Gasteiger partial charge < -0.3 is 10.6 Å². The molecule has 0 aliphatic rings. The number of hydrogen-bond acceptors (Lipinski definition) is 5. The van der Waals surface area contributed by atoms with E-state index in [-0.39, 0.29) is 6.54 Å². The maximum absolute atomic E-state index is 12.1. The molecular formula is C21H16N4O2S. The molecule has 0 atom stereocenters. The number of amides is 2. The molecule has 2 aromatic heterocycles. The van der Waals surface area contributed by atoms with Crippen molar-refractivity contribution in [3.8, 4) is 10.6 Å². The zero-order valence-corrected chi connectivity index (χ0v) is 15.6. The lowest BCUT2D eigenvalue weighted by Crippen LogP contribution is -2.34. The third kappa shape index (κ3) is 4.05. The van der Waals surface area contributed by atoms with E-state index < -0.39 is 11.8 Å². The first-order chi connectivity index (χ1) is 13.7. The number of thiazole rings is 1. The number of carbonyl (C=O) groups excluding carboxylic acids is 2. The van der Waals surface area contributed by atoms with Crippen LogP contribution in [-0.4, -0.2) is 21.8 Å². The molecule has 0 unspecified atom stereocenters. The first kappa shape index (κ1) is 17.8. The summed E-state index contributed by atoms with van der Waals surface area (Å²) in [5, 5.41) is 6.08. The van der Waals surface area contributed by atoms with E-state index in [1.54, 1.807) is 41.9 Å². The molecule has 6 nitrogen and oxygen atoms in total. The molecule has 0 saturated carbocycles. The SMILES string of the molecule is O=C(NCc1cccnc1)C(=O)Nc1ccc(-c2nc3ccccc3s2)cc1. The molecule has 0 aliphatic carbocycles. The minimum Gasteiger partial charge on any atom is -0.344 e. The van der Waals surface area contributed by atoms with E-state index >= 15 is 0 Å². The number of aromatic nitrogens is 2. The predicted octanol–water partition coefficient (Wildman–Crippen LogP) is 3.61. The zero-order chi connectivity index (χ0) is 19.3. The molecule has 2 aromatic carbocycles. The van der Waals surface area contributed by atoms with Gasteiger partial charge in [-0.3, -0.25) is 14.6 Å². The summed E-state index contributed by atoms with van der Waals surface area (Å²) in [6.07, 6.45) is 3.29. The normalized spacial score (nSPS) is 10.6. The van der Waals surface area contributed by atoms with Crippen molar-refractivity contribution in [2.45, 2.75) is 6.54 Å². The molecule has 0 bridgehead atoms. The van der Waals surface area contributed by atoms with Gasteiger partial charge in [-0.15, -0.1) is 11.3 Å². The van der Waals surface area contributed by atoms with E-state index in [0.717, 1.165) is 26.4 Å². The van der Waals surface area contributed by atoms with Crippen LogP contribution in [0.15, 0.2) is 73.1 Å². The van der Waals surface area contributed by atoms with Crippen molar-refractivity contribution < 1.29 is 9.59 Å². The van der Waals surface area contributed by atoms with Gasteiger partial charge in [-0.25, -0.2) is 4.98 Å². The second-order valence-electron chi connectivity index (χ2n) is 6.06. The number of benzene rings is 2. The highest BCUT2D eigenvalue weighted by Crippen LogP contribution is 2.30. The summed E-state index contributed by atoms with van der Waals surface area (Å²) in [5.41, 5.74) is 3.29. The number of rotatable bonds is 4. The summed E-state index contributed by atoms with van der Waals surface area (Å²) < 4.78 is 1.13. The van der Waals surface area contributed by atoms with Crippen LogP contribution in [0.1, 0.15) is 5.56 Å². The van der Waals surface area contributed by atoms with Crippen LogP contribution in [0.25, 0.3) is 20.8 Å². The van der Waals surface area contributed by atoms with Crippen LogP contribution in [0.4, 0.5) is 5.69 Å². The lowest BCUT2D eigenvalue weighted by atomic mass is 10.2. The Morgan fingerprint density at radius 1 is 0.929 bits per heavy atom. The molecule has 0 fully saturated rings. The van der Waals surface area contributed by atoms with Gasteiger partial charge in [0.25, 0.3) is 0 Å². The fourth-order valence-electron chi connectivity index (χ4n) is 2.64. The van der Waals surface area contributed by atoms with Gasteiger partial charge in [-0.2, -0.15) is 0 Å². The maximum Gasteiger partial charge on any atom is 0.313 e. The average molecular weight is 388 g/mol. The average Bonchev–Trinajstić information content (AvgIpc) is 3.17. The summed E-state index contributed by atoms with van der Waals surface area (Å²) in [6, 6.07) is 18.8. The number of anilines is 1. The van der Waals surface area contributed by atoms with Crippen LogP contribution >= 0.6 is 11.3 Å². The summed E-state index contributed by atoms with van der Waals surface area (Å²) in [4.78, 5) is 32.6. The van der Waals surface area contributed by atoms with Crippen LogP contribution in [0.5, 0.6) is 0 Å². The Kier molecular flexibility index (Phi) is 5.07. The predicted molar refractivity (Wildman–Crippen MR) is 110 cm³/mol. The van der Waals surface area contributed by atoms with Crippen molar-refractivity contribution in [3.63, 3.8) is 0 Å². The summed E-state index contributed by atoms with van der Waals surface area (Å²) >= 11 is 1.61. The molecule has 2 amide bonds. The molecule has 28 heavy (non-hydrogen) atoms. The van der Waals surface area contributed by atoms with Gasteiger partial charge in [0.2, 0.25) is 0 Å². The summed E-state index contributed by atoms with van der Waals surface area (Å²) in [5.74, 6) is -1.41. The van der Waals surface area contributed by atoms with Crippen molar-refractivity contribution in [2.75, 3.05) is 5.32 Å². The van der Waals surface area contributed by atoms with Gasteiger partial charge in [0.1, 0.15) is 5.01 Å². The van der Waals surface area contributed by atoms with Crippen LogP contribution in [0.3, 0.4) is 0 Å². The van der Waals surface area contributed by atoms with Gasteiger partial charge in [0.15, 0.2) is 0 Å². The Bertz CT molecular complexity index is 1090. The topological polar surface area (TPSA) is 84.0 Å². The molecule has 138 valence electrons. The quantitative estimate of drug-likeness (QED) is 0.523. The Balaban J connectivity index is 1.38. The summed E-state index contributed by atoms with van der Waals surface area (Å²) in [6.45, 7) is 0.247. The first-order valence-electron chi connectivity index (χ1n) is 8.63. The Morgan fingerprint density at radius 3 is 2.50 bits per heavy atom. The lowest BCUT2D eigenvalue weighted by molar-refractivity contribution is -0.136. The molecular weight excluding hydrogens is 372 g/mol. The van der Waals surface area contributed by atoms with E-state index in [1.807, 2.05) is 42.5 Å². The van der Waals surface area contributed by atoms with E-state index in [2.05, 4.69) is 20.6 Å². The Labute approximate surface area is 165 Å². The van der Waals surface area contributed by atoms with E-state index in [0.29, 0.717) is 5.69 Å². The standard InChI is InChI=1S/C21H16N4O2S/c26-19(23-13-14-4-3-11-22-12-14)20(27)24-16-9-7-15(8-10-16)21-25-17-5-1-2-6-18(17)28-21/h1-12H,13H2,(H,23,26)(H,24,27). The molecule has 7 heteroatoms. The number of fused-ring (bicyclic) bond motifs is 1. The second kappa shape index (κ2) is 7.98. The monoisotopic (exact) mass is 388 g/mol. The van der Waals surface area contributed by atoms with Gasteiger partial charge in [-0.05, 0) is 48.0 Å².